The summed E-state index contributed by atoms with van der Waals surface area (Å²) in [5.41, 5.74) is 3.17. The normalized spacial score (nSPS) is 17.6. The van der Waals surface area contributed by atoms with Crippen LogP contribution in [0.4, 0.5) is 4.39 Å². The Morgan fingerprint density at radius 2 is 2.05 bits per heavy atom. The first-order chi connectivity index (χ1) is 9.66. The molecule has 0 spiro atoms. The molecule has 2 aromatic rings. The second-order valence-electron chi connectivity index (χ2n) is 5.16. The van der Waals surface area contributed by atoms with Gasteiger partial charge in [0.2, 0.25) is 0 Å². The largest absolute Gasteiger partial charge is 0.303 e. The SMILES string of the molecule is Cc1ccc(C(=O)C2NCCc3ccccc32)cc1F. The molecule has 1 N–H and O–H groups in total. The summed E-state index contributed by atoms with van der Waals surface area (Å²) in [6.07, 6.45) is 0.919. The smallest absolute Gasteiger partial charge is 0.184 e. The Hall–Kier alpha value is -2.00. The van der Waals surface area contributed by atoms with Crippen LogP contribution in [0.1, 0.15) is 33.1 Å². The molecule has 3 rings (SSSR count). The molecular weight excluding hydrogens is 253 g/mol. The van der Waals surface area contributed by atoms with E-state index in [2.05, 4.69) is 5.32 Å². The van der Waals surface area contributed by atoms with Crippen molar-refractivity contribution in [1.29, 1.82) is 0 Å². The third-order valence-electron chi connectivity index (χ3n) is 3.83. The molecule has 0 aliphatic carbocycles. The first-order valence-corrected chi connectivity index (χ1v) is 6.78. The number of nitrogens with one attached hydrogen (secondary N) is 1. The van der Waals surface area contributed by atoms with Crippen molar-refractivity contribution in [2.75, 3.05) is 6.54 Å². The number of hydrogen-bond donors (Lipinski definition) is 1. The highest BCUT2D eigenvalue weighted by Gasteiger charge is 2.26. The number of rotatable bonds is 2. The third kappa shape index (κ3) is 2.25. The second kappa shape index (κ2) is 5.17. The molecule has 0 bridgehead atoms. The van der Waals surface area contributed by atoms with E-state index in [0.29, 0.717) is 11.1 Å². The summed E-state index contributed by atoms with van der Waals surface area (Å²) >= 11 is 0. The van der Waals surface area contributed by atoms with Crippen molar-refractivity contribution < 1.29 is 9.18 Å². The zero-order valence-electron chi connectivity index (χ0n) is 11.3. The van der Waals surface area contributed by atoms with E-state index in [0.717, 1.165) is 18.5 Å². The molecule has 0 fully saturated rings. The Morgan fingerprint density at radius 1 is 1.25 bits per heavy atom. The van der Waals surface area contributed by atoms with Gasteiger partial charge in [0.25, 0.3) is 0 Å². The standard InChI is InChI=1S/C17H16FNO/c1-11-6-7-13(10-15(11)18)17(20)16-14-5-3-2-4-12(14)8-9-19-16/h2-7,10,16,19H,8-9H2,1H3. The molecule has 0 radical (unpaired) electrons. The van der Waals surface area contributed by atoms with Crippen molar-refractivity contribution in [3.8, 4) is 0 Å². The van der Waals surface area contributed by atoms with Gasteiger partial charge < -0.3 is 5.32 Å². The molecule has 102 valence electrons. The van der Waals surface area contributed by atoms with E-state index in [1.807, 2.05) is 24.3 Å². The van der Waals surface area contributed by atoms with E-state index in [9.17, 15) is 9.18 Å². The highest BCUT2D eigenvalue weighted by molar-refractivity contribution is 6.01. The van der Waals surface area contributed by atoms with Crippen LogP contribution in [0, 0.1) is 12.7 Å². The predicted octanol–water partition coefficient (Wildman–Crippen LogP) is 3.20. The lowest BCUT2D eigenvalue weighted by Crippen LogP contribution is -2.35. The number of fused-ring (bicyclic) bond motifs is 1. The predicted molar refractivity (Wildman–Crippen MR) is 76.4 cm³/mol. The lowest BCUT2D eigenvalue weighted by Gasteiger charge is -2.26. The van der Waals surface area contributed by atoms with Crippen LogP contribution in [0.3, 0.4) is 0 Å². The Bertz CT molecular complexity index is 666. The van der Waals surface area contributed by atoms with E-state index >= 15 is 0 Å². The van der Waals surface area contributed by atoms with Crippen LogP contribution in [0.2, 0.25) is 0 Å². The first kappa shape index (κ1) is 13.0. The van der Waals surface area contributed by atoms with Gasteiger partial charge >= 0.3 is 0 Å². The summed E-state index contributed by atoms with van der Waals surface area (Å²) in [6.45, 7) is 2.46. The third-order valence-corrected chi connectivity index (χ3v) is 3.83. The summed E-state index contributed by atoms with van der Waals surface area (Å²) < 4.78 is 13.6. The summed E-state index contributed by atoms with van der Waals surface area (Å²) in [5, 5.41) is 3.24. The summed E-state index contributed by atoms with van der Waals surface area (Å²) in [6, 6.07) is 12.2. The minimum Gasteiger partial charge on any atom is -0.303 e. The number of Topliss-reactive ketones (excluding diaryl/α,β-unsaturated/α-hetero) is 1. The quantitative estimate of drug-likeness (QED) is 0.848. The van der Waals surface area contributed by atoms with Gasteiger partial charge in [0.1, 0.15) is 5.82 Å². The average molecular weight is 269 g/mol. The Balaban J connectivity index is 1.97. The van der Waals surface area contributed by atoms with E-state index in [4.69, 9.17) is 0 Å². The molecule has 1 heterocycles. The minimum atomic E-state index is -0.373. The maximum atomic E-state index is 13.6. The van der Waals surface area contributed by atoms with Crippen LogP contribution >= 0.6 is 0 Å². The number of halogens is 1. The highest BCUT2D eigenvalue weighted by Crippen LogP contribution is 2.26. The molecule has 1 unspecified atom stereocenters. The van der Waals surface area contributed by atoms with Crippen LogP contribution in [0.15, 0.2) is 42.5 Å². The van der Waals surface area contributed by atoms with Crippen molar-refractivity contribution >= 4 is 5.78 Å². The van der Waals surface area contributed by atoms with Crippen molar-refractivity contribution in [2.24, 2.45) is 0 Å². The number of carbonyl (C=O) groups is 1. The fraction of sp³-hybridized carbons (Fsp3) is 0.235. The van der Waals surface area contributed by atoms with E-state index in [-0.39, 0.29) is 17.6 Å². The molecule has 0 aromatic heterocycles. The summed E-state index contributed by atoms with van der Waals surface area (Å²) in [4.78, 5) is 12.6. The second-order valence-corrected chi connectivity index (χ2v) is 5.16. The number of hydrogen-bond acceptors (Lipinski definition) is 2. The van der Waals surface area contributed by atoms with Crippen molar-refractivity contribution in [3.05, 3.63) is 70.5 Å². The molecule has 1 aliphatic heterocycles. The fourth-order valence-electron chi connectivity index (χ4n) is 2.65. The fourth-order valence-corrected chi connectivity index (χ4v) is 2.65. The first-order valence-electron chi connectivity index (χ1n) is 6.78. The van der Waals surface area contributed by atoms with Gasteiger partial charge in [0.05, 0.1) is 6.04 Å². The Labute approximate surface area is 117 Å². The van der Waals surface area contributed by atoms with Crippen LogP contribution in [-0.4, -0.2) is 12.3 Å². The topological polar surface area (TPSA) is 29.1 Å². The van der Waals surface area contributed by atoms with Gasteiger partial charge in [-0.2, -0.15) is 0 Å². The molecule has 1 aliphatic rings. The maximum Gasteiger partial charge on any atom is 0.184 e. The molecular formula is C17H16FNO. The highest BCUT2D eigenvalue weighted by atomic mass is 19.1. The van der Waals surface area contributed by atoms with Gasteiger partial charge in [-0.05, 0) is 36.1 Å². The van der Waals surface area contributed by atoms with Crippen molar-refractivity contribution in [3.63, 3.8) is 0 Å². The van der Waals surface area contributed by atoms with Gasteiger partial charge in [0, 0.05) is 12.1 Å². The van der Waals surface area contributed by atoms with Crippen LogP contribution in [0.5, 0.6) is 0 Å². The zero-order valence-corrected chi connectivity index (χ0v) is 11.3. The lowest BCUT2D eigenvalue weighted by molar-refractivity contribution is 0.0939. The zero-order chi connectivity index (χ0) is 14.1. The lowest BCUT2D eigenvalue weighted by atomic mass is 9.89. The molecule has 2 nitrogen and oxygen atoms in total. The Morgan fingerprint density at radius 3 is 2.85 bits per heavy atom. The molecule has 2 aromatic carbocycles. The van der Waals surface area contributed by atoms with Gasteiger partial charge in [-0.1, -0.05) is 36.4 Å². The van der Waals surface area contributed by atoms with Crippen molar-refractivity contribution in [2.45, 2.75) is 19.4 Å². The summed E-state index contributed by atoms with van der Waals surface area (Å²) in [7, 11) is 0. The van der Waals surface area contributed by atoms with Gasteiger partial charge in [-0.3, -0.25) is 4.79 Å². The molecule has 20 heavy (non-hydrogen) atoms. The van der Waals surface area contributed by atoms with Gasteiger partial charge in [0.15, 0.2) is 5.78 Å². The van der Waals surface area contributed by atoms with E-state index in [1.165, 1.54) is 11.6 Å². The van der Waals surface area contributed by atoms with E-state index in [1.54, 1.807) is 19.1 Å². The Kier molecular flexibility index (Phi) is 3.36. The van der Waals surface area contributed by atoms with Crippen LogP contribution in [0.25, 0.3) is 0 Å². The van der Waals surface area contributed by atoms with Crippen molar-refractivity contribution in [1.82, 2.24) is 5.32 Å². The van der Waals surface area contributed by atoms with Gasteiger partial charge in [-0.15, -0.1) is 0 Å². The van der Waals surface area contributed by atoms with Crippen LogP contribution in [-0.2, 0) is 6.42 Å². The molecule has 0 saturated heterocycles. The molecule has 3 heteroatoms. The monoisotopic (exact) mass is 269 g/mol. The molecule has 0 saturated carbocycles. The van der Waals surface area contributed by atoms with E-state index < -0.39 is 0 Å². The molecule has 1 atom stereocenters. The van der Waals surface area contributed by atoms with Gasteiger partial charge in [-0.25, -0.2) is 4.39 Å². The number of aryl methyl sites for hydroxylation is 1. The molecule has 0 amide bonds. The average Bonchev–Trinajstić information content (AvgIpc) is 2.49. The number of carbonyl (C=O) groups excluding carboxylic acids is 1. The summed E-state index contributed by atoms with van der Waals surface area (Å²) in [5.74, 6) is -0.406. The minimum absolute atomic E-state index is 0.0731. The number of benzene rings is 2. The maximum absolute atomic E-state index is 13.6. The van der Waals surface area contributed by atoms with Crippen LogP contribution < -0.4 is 5.32 Å². The number of ketones is 1.